The molecule has 7 nitrogen and oxygen atoms in total. The number of morpholine rings is 1. The van der Waals surface area contributed by atoms with Gasteiger partial charge in [-0.2, -0.15) is 0 Å². The second-order valence-electron chi connectivity index (χ2n) is 7.84. The number of esters is 2. The molecule has 0 aromatic carbocycles. The molecular formula is C19H31NO6. The topological polar surface area (TPSA) is 82.1 Å². The average molecular weight is 369 g/mol. The molecule has 2 atom stereocenters. The number of carbonyl (C=O) groups excluding carboxylic acids is 3. The zero-order chi connectivity index (χ0) is 19.4. The molecule has 0 amide bonds. The first-order valence-corrected chi connectivity index (χ1v) is 9.47. The van der Waals surface area contributed by atoms with Gasteiger partial charge in [-0.15, -0.1) is 0 Å². The zero-order valence-electron chi connectivity index (χ0n) is 16.3. The lowest BCUT2D eigenvalue weighted by Crippen LogP contribution is -2.47. The van der Waals surface area contributed by atoms with Crippen molar-refractivity contribution in [3.63, 3.8) is 0 Å². The molecule has 0 radical (unpaired) electrons. The highest BCUT2D eigenvalue weighted by Gasteiger charge is 2.62. The zero-order valence-corrected chi connectivity index (χ0v) is 16.3. The van der Waals surface area contributed by atoms with Crippen molar-refractivity contribution in [2.75, 3.05) is 39.5 Å². The van der Waals surface area contributed by atoms with E-state index in [4.69, 9.17) is 14.2 Å². The Morgan fingerprint density at radius 1 is 1.27 bits per heavy atom. The molecular weight excluding hydrogens is 338 g/mol. The van der Waals surface area contributed by atoms with E-state index in [-0.39, 0.29) is 25.4 Å². The third-order valence-electron chi connectivity index (χ3n) is 5.22. The molecule has 26 heavy (non-hydrogen) atoms. The molecule has 2 unspecified atom stereocenters. The van der Waals surface area contributed by atoms with Crippen LogP contribution in [0.15, 0.2) is 0 Å². The smallest absolute Gasteiger partial charge is 0.324 e. The lowest BCUT2D eigenvalue weighted by Gasteiger charge is -2.30. The number of hydrogen-bond donors (Lipinski definition) is 0. The number of carbonyl (C=O) groups is 3. The van der Waals surface area contributed by atoms with Gasteiger partial charge in [-0.05, 0) is 32.6 Å². The summed E-state index contributed by atoms with van der Waals surface area (Å²) >= 11 is 0. The van der Waals surface area contributed by atoms with Crippen LogP contribution >= 0.6 is 0 Å². The van der Waals surface area contributed by atoms with E-state index in [2.05, 4.69) is 0 Å². The number of cyclic esters (lactones) is 1. The molecule has 2 heterocycles. The highest BCUT2D eigenvalue weighted by atomic mass is 16.6. The SMILES string of the molecule is CCOC(=O)C1(CCC(C)C)CC(C)(C(=O)CN2CCOCC2)OC1=O. The van der Waals surface area contributed by atoms with E-state index in [0.717, 1.165) is 0 Å². The number of nitrogens with zero attached hydrogens (tertiary/aromatic N) is 1. The first-order chi connectivity index (χ1) is 12.2. The Bertz CT molecular complexity index is 542. The highest BCUT2D eigenvalue weighted by molar-refractivity contribution is 6.05. The van der Waals surface area contributed by atoms with Gasteiger partial charge in [-0.25, -0.2) is 0 Å². The first-order valence-electron chi connectivity index (χ1n) is 9.47. The van der Waals surface area contributed by atoms with Crippen molar-refractivity contribution in [2.45, 2.75) is 52.6 Å². The summed E-state index contributed by atoms with van der Waals surface area (Å²) in [6, 6.07) is 0. The van der Waals surface area contributed by atoms with Gasteiger partial charge in [-0.3, -0.25) is 19.3 Å². The van der Waals surface area contributed by atoms with E-state index in [1.165, 1.54) is 0 Å². The van der Waals surface area contributed by atoms with Crippen LogP contribution in [0, 0.1) is 11.3 Å². The highest BCUT2D eigenvalue weighted by Crippen LogP contribution is 2.46. The summed E-state index contributed by atoms with van der Waals surface area (Å²) in [6.07, 6.45) is 1.07. The Hall–Kier alpha value is -1.47. The van der Waals surface area contributed by atoms with Gasteiger partial charge in [0.15, 0.2) is 16.8 Å². The van der Waals surface area contributed by atoms with Crippen LogP contribution in [0.4, 0.5) is 0 Å². The van der Waals surface area contributed by atoms with Crippen LogP contribution in [0.25, 0.3) is 0 Å². The minimum absolute atomic E-state index is 0.0492. The lowest BCUT2D eigenvalue weighted by molar-refractivity contribution is -0.168. The Morgan fingerprint density at radius 2 is 1.92 bits per heavy atom. The van der Waals surface area contributed by atoms with E-state index in [0.29, 0.717) is 45.1 Å². The van der Waals surface area contributed by atoms with Crippen molar-refractivity contribution in [2.24, 2.45) is 11.3 Å². The molecule has 0 spiro atoms. The summed E-state index contributed by atoms with van der Waals surface area (Å²) < 4.78 is 16.0. The molecule has 0 aromatic rings. The summed E-state index contributed by atoms with van der Waals surface area (Å²) in [7, 11) is 0. The van der Waals surface area contributed by atoms with Gasteiger partial charge in [0.1, 0.15) is 0 Å². The maximum Gasteiger partial charge on any atom is 0.324 e. The number of hydrogen-bond acceptors (Lipinski definition) is 7. The molecule has 2 rings (SSSR count). The molecule has 0 aliphatic carbocycles. The number of ether oxygens (including phenoxy) is 3. The second-order valence-corrected chi connectivity index (χ2v) is 7.84. The largest absolute Gasteiger partial charge is 0.465 e. The van der Waals surface area contributed by atoms with Gasteiger partial charge in [0.2, 0.25) is 0 Å². The Morgan fingerprint density at radius 3 is 2.50 bits per heavy atom. The van der Waals surface area contributed by atoms with Crippen molar-refractivity contribution in [1.82, 2.24) is 4.90 Å². The minimum atomic E-state index is -1.38. The predicted molar refractivity (Wildman–Crippen MR) is 94.5 cm³/mol. The van der Waals surface area contributed by atoms with Crippen LogP contribution in [-0.2, 0) is 28.6 Å². The Labute approximate surface area is 155 Å². The van der Waals surface area contributed by atoms with E-state index in [9.17, 15) is 14.4 Å². The van der Waals surface area contributed by atoms with E-state index < -0.39 is 23.0 Å². The normalized spacial score (nSPS) is 29.7. The fourth-order valence-electron chi connectivity index (χ4n) is 3.52. The van der Waals surface area contributed by atoms with Gasteiger partial charge in [-0.1, -0.05) is 13.8 Å². The monoisotopic (exact) mass is 369 g/mol. The van der Waals surface area contributed by atoms with Crippen LogP contribution in [0.2, 0.25) is 0 Å². The molecule has 148 valence electrons. The van der Waals surface area contributed by atoms with Crippen LogP contribution in [0.3, 0.4) is 0 Å². The van der Waals surface area contributed by atoms with E-state index in [1.54, 1.807) is 13.8 Å². The summed E-state index contributed by atoms with van der Waals surface area (Å²) in [5.74, 6) is -1.06. The molecule has 2 aliphatic heterocycles. The number of ketones is 1. The van der Waals surface area contributed by atoms with E-state index in [1.807, 2.05) is 18.7 Å². The fourth-order valence-corrected chi connectivity index (χ4v) is 3.52. The summed E-state index contributed by atoms with van der Waals surface area (Å²) in [6.45, 7) is 10.3. The van der Waals surface area contributed by atoms with Crippen LogP contribution < -0.4 is 0 Å². The lowest BCUT2D eigenvalue weighted by atomic mass is 9.75. The van der Waals surface area contributed by atoms with Crippen LogP contribution in [0.5, 0.6) is 0 Å². The van der Waals surface area contributed by atoms with Gasteiger partial charge in [0.05, 0.1) is 26.4 Å². The van der Waals surface area contributed by atoms with Gasteiger partial charge in [0.25, 0.3) is 0 Å². The first kappa shape index (κ1) is 20.8. The third kappa shape index (κ3) is 4.43. The van der Waals surface area contributed by atoms with Crippen LogP contribution in [-0.4, -0.2) is 67.7 Å². The van der Waals surface area contributed by atoms with E-state index >= 15 is 0 Å². The maximum absolute atomic E-state index is 12.9. The third-order valence-corrected chi connectivity index (χ3v) is 5.22. The second kappa shape index (κ2) is 8.48. The van der Waals surface area contributed by atoms with Crippen molar-refractivity contribution < 1.29 is 28.6 Å². The predicted octanol–water partition coefficient (Wildman–Crippen LogP) is 1.58. The van der Waals surface area contributed by atoms with Gasteiger partial charge < -0.3 is 14.2 Å². The Kier molecular flexibility index (Phi) is 6.80. The molecule has 0 saturated carbocycles. The van der Waals surface area contributed by atoms with Crippen molar-refractivity contribution >= 4 is 17.7 Å². The summed E-state index contributed by atoms with van der Waals surface area (Å²) in [5.41, 5.74) is -2.67. The van der Waals surface area contributed by atoms with Gasteiger partial charge >= 0.3 is 11.9 Å². The van der Waals surface area contributed by atoms with Crippen molar-refractivity contribution in [3.8, 4) is 0 Å². The number of rotatable bonds is 8. The van der Waals surface area contributed by atoms with Crippen molar-refractivity contribution in [3.05, 3.63) is 0 Å². The molecule has 2 aliphatic rings. The standard InChI is InChI=1S/C19H31NO6/c1-5-25-16(22)19(7-6-14(2)3)13-18(4,26-17(19)23)15(21)12-20-8-10-24-11-9-20/h14H,5-13H2,1-4H3. The summed E-state index contributed by atoms with van der Waals surface area (Å²) in [5, 5.41) is 0. The van der Waals surface area contributed by atoms with Crippen molar-refractivity contribution in [1.29, 1.82) is 0 Å². The molecule has 0 bridgehead atoms. The molecule has 2 saturated heterocycles. The van der Waals surface area contributed by atoms with Crippen LogP contribution in [0.1, 0.15) is 47.0 Å². The minimum Gasteiger partial charge on any atom is -0.465 e. The molecule has 7 heteroatoms. The molecule has 2 fully saturated rings. The fraction of sp³-hybridized carbons (Fsp3) is 0.842. The summed E-state index contributed by atoms with van der Waals surface area (Å²) in [4.78, 5) is 40.2. The molecule has 0 aromatic heterocycles. The Balaban J connectivity index is 2.16. The molecule has 0 N–H and O–H groups in total. The number of Topliss-reactive ketones (excluding diaryl/α,β-unsaturated/α-hetero) is 1. The average Bonchev–Trinajstić information content (AvgIpc) is 2.87. The quantitative estimate of drug-likeness (QED) is 0.474. The maximum atomic E-state index is 12.9. The van der Waals surface area contributed by atoms with Gasteiger partial charge in [0, 0.05) is 19.5 Å².